The highest BCUT2D eigenvalue weighted by Gasteiger charge is 2.08. The molecule has 0 aliphatic rings. The molecular formula is C18H21FN2O3. The van der Waals surface area contributed by atoms with Crippen LogP contribution in [0.1, 0.15) is 24.5 Å². The second-order valence-corrected chi connectivity index (χ2v) is 5.28. The highest BCUT2D eigenvalue weighted by atomic mass is 19.1. The minimum absolute atomic E-state index is 0.0610. The van der Waals surface area contributed by atoms with E-state index in [0.29, 0.717) is 31.0 Å². The van der Waals surface area contributed by atoms with Gasteiger partial charge in [-0.25, -0.2) is 9.37 Å². The summed E-state index contributed by atoms with van der Waals surface area (Å²) < 4.78 is 24.3. The highest BCUT2D eigenvalue weighted by molar-refractivity contribution is 5.69. The number of carbonyl (C=O) groups excluding carboxylic acids is 1. The molecule has 24 heavy (non-hydrogen) atoms. The molecular weight excluding hydrogens is 311 g/mol. The number of pyridine rings is 1. The molecule has 2 rings (SSSR count). The Morgan fingerprint density at radius 2 is 2.04 bits per heavy atom. The van der Waals surface area contributed by atoms with E-state index in [-0.39, 0.29) is 18.3 Å². The molecule has 0 spiro atoms. The van der Waals surface area contributed by atoms with Crippen molar-refractivity contribution in [1.29, 1.82) is 0 Å². The molecule has 0 aliphatic carbocycles. The van der Waals surface area contributed by atoms with Crippen LogP contribution in [0, 0.1) is 12.7 Å². The van der Waals surface area contributed by atoms with Crippen LogP contribution in [0.25, 0.3) is 0 Å². The van der Waals surface area contributed by atoms with Crippen molar-refractivity contribution in [3.63, 3.8) is 0 Å². The van der Waals surface area contributed by atoms with Crippen molar-refractivity contribution < 1.29 is 18.7 Å². The van der Waals surface area contributed by atoms with E-state index >= 15 is 0 Å². The number of benzene rings is 1. The summed E-state index contributed by atoms with van der Waals surface area (Å²) in [7, 11) is 0. The van der Waals surface area contributed by atoms with Gasteiger partial charge in [0.15, 0.2) is 5.82 Å². The first kappa shape index (κ1) is 17.9. The molecule has 128 valence electrons. The van der Waals surface area contributed by atoms with Gasteiger partial charge in [0.2, 0.25) is 0 Å². The predicted octanol–water partition coefficient (Wildman–Crippen LogP) is 3.36. The molecule has 6 heteroatoms. The third-order valence-electron chi connectivity index (χ3n) is 3.24. The second-order valence-electron chi connectivity index (χ2n) is 5.28. The standard InChI is InChI=1S/C18H21FN2O3/c1-3-23-17(22)8-9-20-11-14-10-16(19)18(21-12-14)24-15-6-4-13(2)5-7-15/h4-7,10,12,20H,3,8-9,11H2,1-2H3. The fraction of sp³-hybridized carbons (Fsp3) is 0.333. The molecule has 0 aliphatic heterocycles. The van der Waals surface area contributed by atoms with Gasteiger partial charge in [-0.1, -0.05) is 17.7 Å². The first-order valence-corrected chi connectivity index (χ1v) is 7.83. The van der Waals surface area contributed by atoms with Crippen LogP contribution in [0.5, 0.6) is 11.6 Å². The maximum Gasteiger partial charge on any atom is 0.307 e. The van der Waals surface area contributed by atoms with Gasteiger partial charge < -0.3 is 14.8 Å². The molecule has 5 nitrogen and oxygen atoms in total. The highest BCUT2D eigenvalue weighted by Crippen LogP contribution is 2.22. The van der Waals surface area contributed by atoms with Gasteiger partial charge in [0.1, 0.15) is 5.75 Å². The van der Waals surface area contributed by atoms with Crippen LogP contribution in [0.3, 0.4) is 0 Å². The molecule has 0 saturated carbocycles. The summed E-state index contributed by atoms with van der Waals surface area (Å²) in [5, 5.41) is 3.05. The molecule has 1 N–H and O–H groups in total. The van der Waals surface area contributed by atoms with E-state index in [1.165, 1.54) is 6.07 Å². The monoisotopic (exact) mass is 332 g/mol. The summed E-state index contributed by atoms with van der Waals surface area (Å²) in [4.78, 5) is 15.2. The van der Waals surface area contributed by atoms with Crippen molar-refractivity contribution in [2.24, 2.45) is 0 Å². The zero-order valence-corrected chi connectivity index (χ0v) is 13.8. The maximum absolute atomic E-state index is 14.1. The van der Waals surface area contributed by atoms with E-state index in [1.54, 1.807) is 25.3 Å². The summed E-state index contributed by atoms with van der Waals surface area (Å²) in [5.74, 6) is -0.308. The topological polar surface area (TPSA) is 60.5 Å². The first-order valence-electron chi connectivity index (χ1n) is 7.83. The molecule has 0 fully saturated rings. The van der Waals surface area contributed by atoms with Crippen LogP contribution in [0.15, 0.2) is 36.5 Å². The number of ether oxygens (including phenoxy) is 2. The Morgan fingerprint density at radius 3 is 2.71 bits per heavy atom. The Balaban J connectivity index is 1.85. The van der Waals surface area contributed by atoms with Gasteiger partial charge in [0, 0.05) is 19.3 Å². The van der Waals surface area contributed by atoms with Gasteiger partial charge in [-0.2, -0.15) is 0 Å². The number of rotatable bonds is 8. The van der Waals surface area contributed by atoms with Crippen LogP contribution in [0.2, 0.25) is 0 Å². The van der Waals surface area contributed by atoms with Crippen LogP contribution in [-0.2, 0) is 16.1 Å². The lowest BCUT2D eigenvalue weighted by atomic mass is 10.2. The molecule has 1 aromatic heterocycles. The quantitative estimate of drug-likeness (QED) is 0.593. The number of nitrogens with one attached hydrogen (secondary N) is 1. The Hall–Kier alpha value is -2.47. The molecule has 2 aromatic rings. The van der Waals surface area contributed by atoms with Gasteiger partial charge in [-0.05, 0) is 37.6 Å². The lowest BCUT2D eigenvalue weighted by molar-refractivity contribution is -0.142. The molecule has 0 unspecified atom stereocenters. The van der Waals surface area contributed by atoms with Crippen LogP contribution in [-0.4, -0.2) is 24.1 Å². The number of esters is 1. The minimum atomic E-state index is -0.528. The van der Waals surface area contributed by atoms with E-state index < -0.39 is 5.82 Å². The van der Waals surface area contributed by atoms with Gasteiger partial charge in [0.25, 0.3) is 5.88 Å². The zero-order chi connectivity index (χ0) is 17.4. The summed E-state index contributed by atoms with van der Waals surface area (Å²) >= 11 is 0. The number of nitrogens with zero attached hydrogens (tertiary/aromatic N) is 1. The number of halogens is 1. The lowest BCUT2D eigenvalue weighted by Crippen LogP contribution is -2.19. The number of hydrogen-bond donors (Lipinski definition) is 1. The third-order valence-corrected chi connectivity index (χ3v) is 3.24. The van der Waals surface area contributed by atoms with Crippen molar-refractivity contribution in [2.75, 3.05) is 13.2 Å². The Kier molecular flexibility index (Phi) is 6.69. The van der Waals surface area contributed by atoms with Crippen molar-refractivity contribution in [1.82, 2.24) is 10.3 Å². The van der Waals surface area contributed by atoms with Gasteiger partial charge >= 0.3 is 5.97 Å². The second kappa shape index (κ2) is 8.98. The summed E-state index contributed by atoms with van der Waals surface area (Å²) in [6, 6.07) is 8.67. The molecule has 1 aromatic carbocycles. The van der Waals surface area contributed by atoms with E-state index in [2.05, 4.69) is 10.3 Å². The van der Waals surface area contributed by atoms with Gasteiger partial charge in [0.05, 0.1) is 13.0 Å². The Labute approximate surface area is 140 Å². The number of aryl methyl sites for hydroxylation is 1. The van der Waals surface area contributed by atoms with E-state index in [9.17, 15) is 9.18 Å². The van der Waals surface area contributed by atoms with Crippen LogP contribution >= 0.6 is 0 Å². The van der Waals surface area contributed by atoms with Crippen molar-refractivity contribution in [2.45, 2.75) is 26.8 Å². The fourth-order valence-electron chi connectivity index (χ4n) is 2.01. The minimum Gasteiger partial charge on any atom is -0.466 e. The van der Waals surface area contributed by atoms with E-state index in [1.807, 2.05) is 19.1 Å². The molecule has 0 amide bonds. The van der Waals surface area contributed by atoms with Crippen LogP contribution in [0.4, 0.5) is 4.39 Å². The largest absolute Gasteiger partial charge is 0.466 e. The smallest absolute Gasteiger partial charge is 0.307 e. The maximum atomic E-state index is 14.1. The number of carbonyl (C=O) groups is 1. The zero-order valence-electron chi connectivity index (χ0n) is 13.8. The summed E-state index contributed by atoms with van der Waals surface area (Å²) in [6.07, 6.45) is 1.82. The van der Waals surface area contributed by atoms with Gasteiger partial charge in [-0.3, -0.25) is 4.79 Å². The average molecular weight is 332 g/mol. The lowest BCUT2D eigenvalue weighted by Gasteiger charge is -2.08. The SMILES string of the molecule is CCOC(=O)CCNCc1cnc(Oc2ccc(C)cc2)c(F)c1. The molecule has 0 atom stereocenters. The van der Waals surface area contributed by atoms with E-state index in [4.69, 9.17) is 9.47 Å². The molecule has 0 bridgehead atoms. The fourth-order valence-corrected chi connectivity index (χ4v) is 2.01. The summed E-state index contributed by atoms with van der Waals surface area (Å²) in [5.41, 5.74) is 1.77. The van der Waals surface area contributed by atoms with Crippen LogP contribution < -0.4 is 10.1 Å². The average Bonchev–Trinajstić information content (AvgIpc) is 2.56. The van der Waals surface area contributed by atoms with Gasteiger partial charge in [-0.15, -0.1) is 0 Å². The van der Waals surface area contributed by atoms with Crippen molar-refractivity contribution in [3.05, 3.63) is 53.5 Å². The summed E-state index contributed by atoms with van der Waals surface area (Å²) in [6.45, 7) is 4.97. The number of aromatic nitrogens is 1. The van der Waals surface area contributed by atoms with E-state index in [0.717, 1.165) is 5.56 Å². The third kappa shape index (κ3) is 5.62. The Bertz CT molecular complexity index is 674. The van der Waals surface area contributed by atoms with Crippen molar-refractivity contribution in [3.8, 4) is 11.6 Å². The predicted molar refractivity (Wildman–Crippen MR) is 88.4 cm³/mol. The Morgan fingerprint density at radius 1 is 1.29 bits per heavy atom. The van der Waals surface area contributed by atoms with Crippen molar-refractivity contribution >= 4 is 5.97 Å². The molecule has 0 radical (unpaired) electrons. The normalized spacial score (nSPS) is 10.5. The molecule has 1 heterocycles. The number of hydrogen-bond acceptors (Lipinski definition) is 5. The molecule has 0 saturated heterocycles. The first-order chi connectivity index (χ1) is 11.6.